The van der Waals surface area contributed by atoms with Crippen molar-refractivity contribution in [1.29, 1.82) is 0 Å². The first-order valence-corrected chi connectivity index (χ1v) is 12.9. The lowest BCUT2D eigenvalue weighted by atomic mass is 10.1. The Morgan fingerprint density at radius 3 is 1.81 bits per heavy atom. The molecular weight excluding hydrogens is 400 g/mol. The molecule has 5 heteroatoms. The molecule has 0 aliphatic carbocycles. The minimum absolute atomic E-state index is 0.0648. The van der Waals surface area contributed by atoms with Gasteiger partial charge in [0.25, 0.3) is 5.91 Å². The number of hydrogen-bond donors (Lipinski definition) is 1. The van der Waals surface area contributed by atoms with Crippen molar-refractivity contribution in [3.8, 4) is 11.5 Å². The second kappa shape index (κ2) is 18.8. The number of methoxy groups -OCH3 is 2. The lowest BCUT2D eigenvalue weighted by Crippen LogP contribution is -2.36. The van der Waals surface area contributed by atoms with Crippen molar-refractivity contribution in [1.82, 2.24) is 10.2 Å². The highest BCUT2D eigenvalue weighted by Gasteiger charge is 2.11. The molecule has 1 N–H and O–H groups in total. The molecule has 0 saturated heterocycles. The standard InChI is InChI=1S/C27H48N2O3/c1-5-7-9-11-13-15-20-29(21-16-14-12-10-8-6-2)22-19-28-27(30)24-17-18-25(31-3)26(23-24)32-4/h17-18,23H,5-16,19-22H2,1-4H3,(H,28,30). The number of benzene rings is 1. The van der Waals surface area contributed by atoms with Gasteiger partial charge in [0.15, 0.2) is 11.5 Å². The number of amides is 1. The Morgan fingerprint density at radius 1 is 0.750 bits per heavy atom. The molecule has 1 amide bonds. The molecule has 0 heterocycles. The molecule has 1 aromatic rings. The van der Waals surface area contributed by atoms with Crippen molar-refractivity contribution in [2.45, 2.75) is 90.9 Å². The molecular formula is C27H48N2O3. The zero-order chi connectivity index (χ0) is 23.4. The van der Waals surface area contributed by atoms with Gasteiger partial charge in [0.05, 0.1) is 14.2 Å². The fourth-order valence-corrected chi connectivity index (χ4v) is 3.97. The molecule has 1 aromatic carbocycles. The summed E-state index contributed by atoms with van der Waals surface area (Å²) in [5.74, 6) is 1.14. The van der Waals surface area contributed by atoms with E-state index in [1.165, 1.54) is 77.0 Å². The van der Waals surface area contributed by atoms with Crippen molar-refractivity contribution in [2.75, 3.05) is 40.4 Å². The van der Waals surface area contributed by atoms with E-state index in [1.54, 1.807) is 32.4 Å². The third kappa shape index (κ3) is 12.3. The Labute approximate surface area is 197 Å². The second-order valence-corrected chi connectivity index (χ2v) is 8.70. The van der Waals surface area contributed by atoms with Crippen molar-refractivity contribution in [2.24, 2.45) is 0 Å². The van der Waals surface area contributed by atoms with Crippen LogP contribution >= 0.6 is 0 Å². The van der Waals surface area contributed by atoms with Crippen LogP contribution in [0, 0.1) is 0 Å². The van der Waals surface area contributed by atoms with Crippen LogP contribution in [0.25, 0.3) is 0 Å². The molecule has 0 atom stereocenters. The number of rotatable bonds is 20. The average molecular weight is 449 g/mol. The summed E-state index contributed by atoms with van der Waals surface area (Å²) in [5, 5.41) is 3.08. The van der Waals surface area contributed by atoms with Crippen LogP contribution < -0.4 is 14.8 Å². The van der Waals surface area contributed by atoms with Crippen molar-refractivity contribution >= 4 is 5.91 Å². The quantitative estimate of drug-likeness (QED) is 0.233. The third-order valence-corrected chi connectivity index (χ3v) is 6.02. The van der Waals surface area contributed by atoms with Crippen molar-refractivity contribution < 1.29 is 14.3 Å². The highest BCUT2D eigenvalue weighted by molar-refractivity contribution is 5.94. The molecule has 0 aromatic heterocycles. The first kappa shape index (κ1) is 28.3. The van der Waals surface area contributed by atoms with Crippen LogP contribution in [0.3, 0.4) is 0 Å². The largest absolute Gasteiger partial charge is 0.493 e. The Kier molecular flexibility index (Phi) is 16.6. The van der Waals surface area contributed by atoms with E-state index in [1.807, 2.05) is 0 Å². The summed E-state index contributed by atoms with van der Waals surface area (Å²) in [6.45, 7) is 8.36. The van der Waals surface area contributed by atoms with Crippen molar-refractivity contribution in [3.05, 3.63) is 23.8 Å². The topological polar surface area (TPSA) is 50.8 Å². The summed E-state index contributed by atoms with van der Waals surface area (Å²) >= 11 is 0. The first-order valence-electron chi connectivity index (χ1n) is 12.9. The summed E-state index contributed by atoms with van der Waals surface area (Å²) in [7, 11) is 3.18. The zero-order valence-electron chi connectivity index (χ0n) is 21.2. The van der Waals surface area contributed by atoms with Crippen LogP contribution in [0.5, 0.6) is 11.5 Å². The number of carbonyl (C=O) groups excluding carboxylic acids is 1. The zero-order valence-corrected chi connectivity index (χ0v) is 21.2. The van der Waals surface area contributed by atoms with Gasteiger partial charge in [0.1, 0.15) is 0 Å². The number of nitrogens with zero attached hydrogens (tertiary/aromatic N) is 1. The molecule has 0 bridgehead atoms. The van der Waals surface area contributed by atoms with Gasteiger partial charge >= 0.3 is 0 Å². The summed E-state index contributed by atoms with van der Waals surface area (Å²) in [6, 6.07) is 5.29. The number of hydrogen-bond acceptors (Lipinski definition) is 4. The van der Waals surface area contributed by atoms with Crippen molar-refractivity contribution in [3.63, 3.8) is 0 Å². The first-order chi connectivity index (χ1) is 15.7. The molecule has 0 aliphatic rings. The molecule has 1 rings (SSSR count). The highest BCUT2D eigenvalue weighted by atomic mass is 16.5. The Morgan fingerprint density at radius 2 is 1.28 bits per heavy atom. The van der Waals surface area contributed by atoms with Gasteiger partial charge in [-0.1, -0.05) is 78.1 Å². The fourth-order valence-electron chi connectivity index (χ4n) is 3.97. The van der Waals surface area contributed by atoms with E-state index in [9.17, 15) is 4.79 Å². The maximum absolute atomic E-state index is 12.6. The van der Waals surface area contributed by atoms with Gasteiger partial charge in [-0.3, -0.25) is 4.79 Å². The Hall–Kier alpha value is -1.75. The minimum Gasteiger partial charge on any atom is -0.493 e. The van der Waals surface area contributed by atoms with E-state index in [4.69, 9.17) is 9.47 Å². The maximum Gasteiger partial charge on any atom is 0.251 e. The van der Waals surface area contributed by atoms with E-state index in [2.05, 4.69) is 24.1 Å². The molecule has 0 aliphatic heterocycles. The number of unbranched alkanes of at least 4 members (excludes halogenated alkanes) is 10. The summed E-state index contributed by atoms with van der Waals surface area (Å²) in [6.07, 6.45) is 15.8. The Bertz CT molecular complexity index is 591. The monoisotopic (exact) mass is 448 g/mol. The molecule has 5 nitrogen and oxygen atoms in total. The van der Waals surface area contributed by atoms with Gasteiger partial charge in [-0.25, -0.2) is 0 Å². The minimum atomic E-state index is -0.0648. The number of carbonyl (C=O) groups is 1. The molecule has 0 fully saturated rings. The van der Waals surface area contributed by atoms with Crippen LogP contribution in [0.15, 0.2) is 18.2 Å². The molecule has 0 radical (unpaired) electrons. The normalized spacial score (nSPS) is 11.0. The van der Waals surface area contributed by atoms with Gasteiger partial charge in [0.2, 0.25) is 0 Å². The molecule has 0 spiro atoms. The van der Waals surface area contributed by atoms with Gasteiger partial charge in [-0.15, -0.1) is 0 Å². The lowest BCUT2D eigenvalue weighted by Gasteiger charge is -2.22. The van der Waals surface area contributed by atoms with E-state index in [-0.39, 0.29) is 5.91 Å². The van der Waals surface area contributed by atoms with Gasteiger partial charge < -0.3 is 19.7 Å². The van der Waals surface area contributed by atoms with E-state index in [0.29, 0.717) is 23.6 Å². The highest BCUT2D eigenvalue weighted by Crippen LogP contribution is 2.27. The summed E-state index contributed by atoms with van der Waals surface area (Å²) < 4.78 is 10.6. The predicted octanol–water partition coefficient (Wildman–Crippen LogP) is 6.46. The lowest BCUT2D eigenvalue weighted by molar-refractivity contribution is 0.0947. The molecule has 0 unspecified atom stereocenters. The molecule has 32 heavy (non-hydrogen) atoms. The van der Waals surface area contributed by atoms with Gasteiger partial charge in [-0.05, 0) is 44.1 Å². The summed E-state index contributed by atoms with van der Waals surface area (Å²) in [4.78, 5) is 15.1. The van der Waals surface area contributed by atoms with Crippen LogP contribution in [-0.4, -0.2) is 51.2 Å². The second-order valence-electron chi connectivity index (χ2n) is 8.70. The SMILES string of the molecule is CCCCCCCCN(CCCCCCCC)CCNC(=O)c1ccc(OC)c(OC)c1. The van der Waals surface area contributed by atoms with Crippen LogP contribution in [0.2, 0.25) is 0 Å². The van der Waals surface area contributed by atoms with Crippen LogP contribution in [0.4, 0.5) is 0 Å². The predicted molar refractivity (Wildman–Crippen MR) is 135 cm³/mol. The Balaban J connectivity index is 2.44. The van der Waals surface area contributed by atoms with Gasteiger partial charge in [0, 0.05) is 18.7 Å². The maximum atomic E-state index is 12.6. The smallest absolute Gasteiger partial charge is 0.251 e. The summed E-state index contributed by atoms with van der Waals surface area (Å²) in [5.41, 5.74) is 0.598. The van der Waals surface area contributed by atoms with Crippen LogP contribution in [0.1, 0.15) is 101 Å². The van der Waals surface area contributed by atoms with Crippen LogP contribution in [-0.2, 0) is 0 Å². The van der Waals surface area contributed by atoms with E-state index < -0.39 is 0 Å². The third-order valence-electron chi connectivity index (χ3n) is 6.02. The average Bonchev–Trinajstić information content (AvgIpc) is 2.82. The molecule has 184 valence electrons. The van der Waals surface area contributed by atoms with Gasteiger partial charge in [-0.2, -0.15) is 0 Å². The van der Waals surface area contributed by atoms with E-state index in [0.717, 1.165) is 19.6 Å². The number of ether oxygens (including phenoxy) is 2. The van der Waals surface area contributed by atoms with E-state index >= 15 is 0 Å². The fraction of sp³-hybridized carbons (Fsp3) is 0.741. The molecule has 0 saturated carbocycles. The number of nitrogens with one attached hydrogen (secondary N) is 1.